The number of aryl methyl sites for hydroxylation is 1. The molecule has 3 heteroatoms. The molecule has 0 bridgehead atoms. The number of likely N-dealkylation sites (tertiary alicyclic amines) is 1. The van der Waals surface area contributed by atoms with E-state index in [1.165, 1.54) is 17.5 Å². The molecule has 80 valence electrons. The number of aromatic nitrogens is 1. The minimum Gasteiger partial charge on any atom is -0.338 e. The van der Waals surface area contributed by atoms with Crippen LogP contribution in [0.25, 0.3) is 0 Å². The molecule has 0 spiro atoms. The topological polar surface area (TPSA) is 33.2 Å². The van der Waals surface area contributed by atoms with Crippen LogP contribution in [0.2, 0.25) is 0 Å². The monoisotopic (exact) mass is 204 g/mol. The van der Waals surface area contributed by atoms with Crippen LogP contribution in [0.4, 0.5) is 0 Å². The van der Waals surface area contributed by atoms with Gasteiger partial charge in [0, 0.05) is 18.9 Å². The van der Waals surface area contributed by atoms with Crippen molar-refractivity contribution in [1.82, 2.24) is 9.88 Å². The van der Waals surface area contributed by atoms with Gasteiger partial charge < -0.3 is 4.90 Å². The zero-order valence-electron chi connectivity index (χ0n) is 9.02. The maximum absolute atomic E-state index is 11.0. The van der Waals surface area contributed by atoms with E-state index in [2.05, 4.69) is 11.9 Å². The number of carbonyl (C=O) groups is 1. The highest BCUT2D eigenvalue weighted by atomic mass is 16.1. The molecule has 2 rings (SSSR count). The predicted octanol–water partition coefficient (Wildman–Crippen LogP) is 2.07. The van der Waals surface area contributed by atoms with E-state index in [9.17, 15) is 4.79 Å². The highest BCUT2D eigenvalue weighted by Gasteiger charge is 2.23. The molecule has 0 N–H and O–H groups in total. The summed E-state index contributed by atoms with van der Waals surface area (Å²) >= 11 is 0. The maximum Gasteiger partial charge on any atom is 0.210 e. The first-order valence-corrected chi connectivity index (χ1v) is 5.44. The van der Waals surface area contributed by atoms with Gasteiger partial charge in [0.15, 0.2) is 0 Å². The van der Waals surface area contributed by atoms with Gasteiger partial charge in [-0.15, -0.1) is 0 Å². The van der Waals surface area contributed by atoms with Crippen molar-refractivity contribution < 1.29 is 4.79 Å². The summed E-state index contributed by atoms with van der Waals surface area (Å²) in [4.78, 5) is 17.0. The molecule has 1 aliphatic rings. The average molecular weight is 204 g/mol. The Morgan fingerprint density at radius 3 is 3.13 bits per heavy atom. The van der Waals surface area contributed by atoms with Crippen LogP contribution in [-0.4, -0.2) is 22.8 Å². The van der Waals surface area contributed by atoms with Crippen molar-refractivity contribution in [1.29, 1.82) is 0 Å². The molecule has 0 unspecified atom stereocenters. The third-order valence-corrected chi connectivity index (χ3v) is 3.12. The highest BCUT2D eigenvalue weighted by molar-refractivity contribution is 5.49. The zero-order valence-corrected chi connectivity index (χ0v) is 9.02. The van der Waals surface area contributed by atoms with E-state index in [1.54, 1.807) is 6.20 Å². The van der Waals surface area contributed by atoms with Crippen LogP contribution in [0.5, 0.6) is 0 Å². The number of carbonyl (C=O) groups excluding carboxylic acids is 1. The number of piperidine rings is 1. The summed E-state index contributed by atoms with van der Waals surface area (Å²) in [5.41, 5.74) is 2.42. The van der Waals surface area contributed by atoms with E-state index in [0.29, 0.717) is 0 Å². The first-order chi connectivity index (χ1) is 7.33. The molecule has 0 radical (unpaired) electrons. The number of pyridine rings is 1. The quantitative estimate of drug-likeness (QED) is 0.691. The number of rotatable bonds is 2. The summed E-state index contributed by atoms with van der Waals surface area (Å²) in [6.07, 6.45) is 8.04. The molecule has 1 amide bonds. The third-order valence-electron chi connectivity index (χ3n) is 3.12. The number of amides is 1. The second kappa shape index (κ2) is 4.43. The van der Waals surface area contributed by atoms with Gasteiger partial charge in [0.2, 0.25) is 6.41 Å². The lowest BCUT2D eigenvalue weighted by molar-refractivity contribution is -0.121. The van der Waals surface area contributed by atoms with Gasteiger partial charge in [-0.2, -0.15) is 0 Å². The Kier molecular flexibility index (Phi) is 2.99. The van der Waals surface area contributed by atoms with Crippen molar-refractivity contribution in [3.05, 3.63) is 29.6 Å². The number of hydrogen-bond acceptors (Lipinski definition) is 2. The summed E-state index contributed by atoms with van der Waals surface area (Å²) in [5.74, 6) is 0. The van der Waals surface area contributed by atoms with Crippen LogP contribution < -0.4 is 0 Å². The molecule has 0 aromatic carbocycles. The fourth-order valence-electron chi connectivity index (χ4n) is 2.24. The van der Waals surface area contributed by atoms with Gasteiger partial charge in [-0.1, -0.05) is 0 Å². The Balaban J connectivity index is 2.28. The Hall–Kier alpha value is -1.38. The Labute approximate surface area is 90.1 Å². The Bertz CT molecular complexity index is 351. The smallest absolute Gasteiger partial charge is 0.210 e. The molecule has 1 saturated heterocycles. The van der Waals surface area contributed by atoms with E-state index in [1.807, 2.05) is 17.2 Å². The van der Waals surface area contributed by atoms with Crippen molar-refractivity contribution in [3.8, 4) is 0 Å². The summed E-state index contributed by atoms with van der Waals surface area (Å²) in [7, 11) is 0. The highest BCUT2D eigenvalue weighted by Crippen LogP contribution is 2.30. The van der Waals surface area contributed by atoms with Crippen LogP contribution in [0.1, 0.15) is 36.4 Å². The largest absolute Gasteiger partial charge is 0.338 e. The van der Waals surface area contributed by atoms with E-state index in [4.69, 9.17) is 0 Å². The predicted molar refractivity (Wildman–Crippen MR) is 58.3 cm³/mol. The van der Waals surface area contributed by atoms with E-state index < -0.39 is 0 Å². The fourth-order valence-corrected chi connectivity index (χ4v) is 2.24. The normalized spacial score (nSPS) is 21.4. The number of hydrogen-bond donors (Lipinski definition) is 0. The van der Waals surface area contributed by atoms with Crippen molar-refractivity contribution in [2.45, 2.75) is 32.2 Å². The summed E-state index contributed by atoms with van der Waals surface area (Å²) < 4.78 is 0. The summed E-state index contributed by atoms with van der Waals surface area (Å²) in [5, 5.41) is 0. The molecule has 1 aliphatic heterocycles. The standard InChI is InChI=1S/C12H16N2O/c1-10-5-6-13-8-11(10)12-4-2-3-7-14(12)9-15/h5-6,8-9,12H,2-4,7H2,1H3/t12-/m1/s1. The molecule has 1 aromatic heterocycles. The van der Waals surface area contributed by atoms with Crippen molar-refractivity contribution in [2.24, 2.45) is 0 Å². The van der Waals surface area contributed by atoms with E-state index >= 15 is 0 Å². The Morgan fingerprint density at radius 2 is 2.40 bits per heavy atom. The van der Waals surface area contributed by atoms with Gasteiger partial charge >= 0.3 is 0 Å². The summed E-state index contributed by atoms with van der Waals surface area (Å²) in [6, 6.07) is 2.25. The van der Waals surface area contributed by atoms with Gasteiger partial charge in [0.05, 0.1) is 6.04 Å². The molecule has 3 nitrogen and oxygen atoms in total. The molecule has 15 heavy (non-hydrogen) atoms. The van der Waals surface area contributed by atoms with Crippen molar-refractivity contribution in [3.63, 3.8) is 0 Å². The van der Waals surface area contributed by atoms with E-state index in [-0.39, 0.29) is 6.04 Å². The van der Waals surface area contributed by atoms with Gasteiger partial charge in [-0.25, -0.2) is 0 Å². The minimum absolute atomic E-state index is 0.241. The summed E-state index contributed by atoms with van der Waals surface area (Å²) in [6.45, 7) is 2.96. The number of nitrogens with zero attached hydrogens (tertiary/aromatic N) is 2. The lowest BCUT2D eigenvalue weighted by Gasteiger charge is -2.33. The lowest BCUT2D eigenvalue weighted by atomic mass is 9.94. The zero-order chi connectivity index (χ0) is 10.7. The fraction of sp³-hybridized carbons (Fsp3) is 0.500. The van der Waals surface area contributed by atoms with Gasteiger partial charge in [-0.3, -0.25) is 9.78 Å². The molecule has 1 aromatic rings. The average Bonchev–Trinajstić information content (AvgIpc) is 2.30. The van der Waals surface area contributed by atoms with Gasteiger partial charge in [0.1, 0.15) is 0 Å². The molecular formula is C12H16N2O. The molecule has 1 fully saturated rings. The molecule has 2 heterocycles. The second-order valence-corrected chi connectivity index (χ2v) is 4.09. The Morgan fingerprint density at radius 1 is 1.53 bits per heavy atom. The molecule has 0 aliphatic carbocycles. The van der Waals surface area contributed by atoms with E-state index in [0.717, 1.165) is 25.8 Å². The second-order valence-electron chi connectivity index (χ2n) is 4.09. The maximum atomic E-state index is 11.0. The SMILES string of the molecule is Cc1ccncc1[C@H]1CCCCN1C=O. The minimum atomic E-state index is 0.241. The van der Waals surface area contributed by atoms with Crippen LogP contribution in [0.15, 0.2) is 18.5 Å². The molecule has 0 saturated carbocycles. The van der Waals surface area contributed by atoms with Crippen LogP contribution in [0.3, 0.4) is 0 Å². The van der Waals surface area contributed by atoms with Gasteiger partial charge in [-0.05, 0) is 43.4 Å². The van der Waals surface area contributed by atoms with Crippen LogP contribution >= 0.6 is 0 Å². The lowest BCUT2D eigenvalue weighted by Crippen LogP contribution is -2.32. The van der Waals surface area contributed by atoms with Crippen molar-refractivity contribution >= 4 is 6.41 Å². The molecule has 1 atom stereocenters. The van der Waals surface area contributed by atoms with Gasteiger partial charge in [0.25, 0.3) is 0 Å². The third kappa shape index (κ3) is 2.01. The van der Waals surface area contributed by atoms with Crippen LogP contribution in [-0.2, 0) is 4.79 Å². The van der Waals surface area contributed by atoms with Crippen molar-refractivity contribution in [2.75, 3.05) is 6.54 Å². The van der Waals surface area contributed by atoms with Crippen LogP contribution in [0, 0.1) is 6.92 Å². The first kappa shape index (κ1) is 10.1. The first-order valence-electron chi connectivity index (χ1n) is 5.44. The molecular weight excluding hydrogens is 188 g/mol.